The first-order chi connectivity index (χ1) is 9.36. The SMILES string of the molecule is CNCc1csc(-c2ccc3c(c2)OCCCO3)c1. The number of ether oxygens (including phenoxy) is 2. The van der Waals surface area contributed by atoms with Gasteiger partial charge in [-0.25, -0.2) is 0 Å². The van der Waals surface area contributed by atoms with Gasteiger partial charge < -0.3 is 14.8 Å². The van der Waals surface area contributed by atoms with Crippen LogP contribution in [0.25, 0.3) is 10.4 Å². The van der Waals surface area contributed by atoms with E-state index in [1.54, 1.807) is 11.3 Å². The van der Waals surface area contributed by atoms with E-state index in [1.165, 1.54) is 16.0 Å². The molecule has 4 heteroatoms. The lowest BCUT2D eigenvalue weighted by Gasteiger charge is -2.08. The van der Waals surface area contributed by atoms with Crippen molar-refractivity contribution in [2.75, 3.05) is 20.3 Å². The third kappa shape index (κ3) is 2.74. The fraction of sp³-hybridized carbons (Fsp3) is 0.333. The van der Waals surface area contributed by atoms with Crippen molar-refractivity contribution in [3.05, 3.63) is 35.2 Å². The Kier molecular flexibility index (Phi) is 3.71. The summed E-state index contributed by atoms with van der Waals surface area (Å²) < 4.78 is 11.4. The summed E-state index contributed by atoms with van der Waals surface area (Å²) in [5, 5.41) is 5.36. The van der Waals surface area contributed by atoms with Gasteiger partial charge in [-0.15, -0.1) is 11.3 Å². The Morgan fingerprint density at radius 1 is 1.16 bits per heavy atom. The van der Waals surface area contributed by atoms with E-state index in [0.29, 0.717) is 0 Å². The Balaban J connectivity index is 1.89. The van der Waals surface area contributed by atoms with Crippen LogP contribution >= 0.6 is 11.3 Å². The number of hydrogen-bond donors (Lipinski definition) is 1. The van der Waals surface area contributed by atoms with Crippen LogP contribution in [-0.2, 0) is 6.54 Å². The van der Waals surface area contributed by atoms with E-state index < -0.39 is 0 Å². The van der Waals surface area contributed by atoms with Gasteiger partial charge in [0.1, 0.15) is 0 Å². The van der Waals surface area contributed by atoms with Crippen LogP contribution in [0, 0.1) is 0 Å². The van der Waals surface area contributed by atoms with Gasteiger partial charge in [-0.3, -0.25) is 0 Å². The average molecular weight is 275 g/mol. The van der Waals surface area contributed by atoms with E-state index >= 15 is 0 Å². The third-order valence-electron chi connectivity index (χ3n) is 3.07. The Bertz CT molecular complexity index is 565. The van der Waals surface area contributed by atoms with Crippen molar-refractivity contribution in [3.63, 3.8) is 0 Å². The van der Waals surface area contributed by atoms with Crippen molar-refractivity contribution in [3.8, 4) is 21.9 Å². The van der Waals surface area contributed by atoms with Gasteiger partial charge in [0.15, 0.2) is 11.5 Å². The van der Waals surface area contributed by atoms with Gasteiger partial charge in [0, 0.05) is 17.8 Å². The van der Waals surface area contributed by atoms with Crippen LogP contribution in [0.1, 0.15) is 12.0 Å². The largest absolute Gasteiger partial charge is 0.490 e. The molecule has 2 aromatic rings. The third-order valence-corrected chi connectivity index (χ3v) is 4.09. The summed E-state index contributed by atoms with van der Waals surface area (Å²) in [5.41, 5.74) is 2.51. The maximum absolute atomic E-state index is 5.73. The molecule has 0 saturated heterocycles. The normalized spacial score (nSPS) is 14.2. The molecule has 1 aromatic carbocycles. The zero-order chi connectivity index (χ0) is 13.1. The Labute approximate surface area is 117 Å². The molecule has 3 nitrogen and oxygen atoms in total. The van der Waals surface area contributed by atoms with Crippen LogP contribution in [0.4, 0.5) is 0 Å². The van der Waals surface area contributed by atoms with Crippen molar-refractivity contribution in [1.82, 2.24) is 5.32 Å². The lowest BCUT2D eigenvalue weighted by molar-refractivity contribution is 0.297. The highest BCUT2D eigenvalue weighted by atomic mass is 32.1. The molecule has 0 atom stereocenters. The smallest absolute Gasteiger partial charge is 0.161 e. The molecule has 1 N–H and O–H groups in total. The summed E-state index contributed by atoms with van der Waals surface area (Å²) in [5.74, 6) is 1.71. The minimum absolute atomic E-state index is 0.728. The second-order valence-electron chi connectivity index (χ2n) is 4.56. The molecule has 3 rings (SSSR count). The molecule has 0 radical (unpaired) electrons. The van der Waals surface area contributed by atoms with Gasteiger partial charge in [-0.1, -0.05) is 0 Å². The molecule has 1 aromatic heterocycles. The molecular formula is C15H17NO2S. The Morgan fingerprint density at radius 3 is 2.84 bits per heavy atom. The van der Waals surface area contributed by atoms with Crippen LogP contribution in [0.2, 0.25) is 0 Å². The second kappa shape index (κ2) is 5.63. The minimum Gasteiger partial charge on any atom is -0.490 e. The van der Waals surface area contributed by atoms with E-state index in [-0.39, 0.29) is 0 Å². The highest BCUT2D eigenvalue weighted by Crippen LogP contribution is 2.36. The van der Waals surface area contributed by atoms with E-state index in [1.807, 2.05) is 13.1 Å². The molecule has 0 bridgehead atoms. The van der Waals surface area contributed by atoms with Crippen molar-refractivity contribution in [2.24, 2.45) is 0 Å². The Morgan fingerprint density at radius 2 is 2.00 bits per heavy atom. The van der Waals surface area contributed by atoms with E-state index in [2.05, 4.69) is 28.9 Å². The zero-order valence-corrected chi connectivity index (χ0v) is 11.8. The Hall–Kier alpha value is -1.52. The van der Waals surface area contributed by atoms with E-state index in [0.717, 1.165) is 37.7 Å². The predicted molar refractivity (Wildman–Crippen MR) is 78.1 cm³/mol. The molecule has 0 aliphatic carbocycles. The van der Waals surface area contributed by atoms with Gasteiger partial charge in [-0.2, -0.15) is 0 Å². The zero-order valence-electron chi connectivity index (χ0n) is 10.9. The van der Waals surface area contributed by atoms with Crippen LogP contribution in [-0.4, -0.2) is 20.3 Å². The first-order valence-corrected chi connectivity index (χ1v) is 7.37. The summed E-state index contributed by atoms with van der Waals surface area (Å²) >= 11 is 1.76. The average Bonchev–Trinajstić information content (AvgIpc) is 2.76. The first-order valence-electron chi connectivity index (χ1n) is 6.49. The van der Waals surface area contributed by atoms with Gasteiger partial charge >= 0.3 is 0 Å². The van der Waals surface area contributed by atoms with Gasteiger partial charge in [-0.05, 0) is 47.8 Å². The molecular weight excluding hydrogens is 258 g/mol. The summed E-state index contributed by atoms with van der Waals surface area (Å²) in [4.78, 5) is 1.26. The molecule has 1 aliphatic heterocycles. The van der Waals surface area contributed by atoms with Gasteiger partial charge in [0.2, 0.25) is 0 Å². The highest BCUT2D eigenvalue weighted by molar-refractivity contribution is 7.13. The molecule has 0 fully saturated rings. The molecule has 2 heterocycles. The second-order valence-corrected chi connectivity index (χ2v) is 5.47. The number of nitrogens with one attached hydrogen (secondary N) is 1. The lowest BCUT2D eigenvalue weighted by atomic mass is 10.1. The summed E-state index contributed by atoms with van der Waals surface area (Å²) in [6.07, 6.45) is 0.940. The van der Waals surface area contributed by atoms with Gasteiger partial charge in [0.25, 0.3) is 0 Å². The van der Waals surface area contributed by atoms with Crippen molar-refractivity contribution < 1.29 is 9.47 Å². The number of thiophene rings is 1. The maximum Gasteiger partial charge on any atom is 0.161 e. The van der Waals surface area contributed by atoms with Crippen LogP contribution < -0.4 is 14.8 Å². The topological polar surface area (TPSA) is 30.5 Å². The van der Waals surface area contributed by atoms with E-state index in [9.17, 15) is 0 Å². The van der Waals surface area contributed by atoms with Gasteiger partial charge in [0.05, 0.1) is 13.2 Å². The molecule has 0 amide bonds. The number of rotatable bonds is 3. The maximum atomic E-state index is 5.73. The molecule has 19 heavy (non-hydrogen) atoms. The molecule has 1 aliphatic rings. The molecule has 0 saturated carbocycles. The van der Waals surface area contributed by atoms with Crippen LogP contribution in [0.5, 0.6) is 11.5 Å². The standard InChI is InChI=1S/C15H17NO2S/c1-16-9-11-7-15(19-10-11)12-3-4-13-14(8-12)18-6-2-5-17-13/h3-4,7-8,10,16H,2,5-6,9H2,1H3. The molecule has 0 unspecified atom stereocenters. The monoisotopic (exact) mass is 275 g/mol. The summed E-state index contributed by atoms with van der Waals surface area (Å²) in [6.45, 7) is 2.37. The summed E-state index contributed by atoms with van der Waals surface area (Å²) in [6, 6.07) is 8.41. The van der Waals surface area contributed by atoms with Crippen molar-refractivity contribution >= 4 is 11.3 Å². The quantitative estimate of drug-likeness (QED) is 0.932. The van der Waals surface area contributed by atoms with E-state index in [4.69, 9.17) is 9.47 Å². The predicted octanol–water partition coefficient (Wildman–Crippen LogP) is 3.30. The highest BCUT2D eigenvalue weighted by Gasteiger charge is 2.12. The fourth-order valence-electron chi connectivity index (χ4n) is 2.14. The van der Waals surface area contributed by atoms with Crippen molar-refractivity contribution in [1.29, 1.82) is 0 Å². The number of fused-ring (bicyclic) bond motifs is 1. The molecule has 0 spiro atoms. The number of hydrogen-bond acceptors (Lipinski definition) is 4. The fourth-order valence-corrected chi connectivity index (χ4v) is 3.05. The van der Waals surface area contributed by atoms with Crippen LogP contribution in [0.15, 0.2) is 29.6 Å². The minimum atomic E-state index is 0.728. The van der Waals surface area contributed by atoms with Crippen LogP contribution in [0.3, 0.4) is 0 Å². The van der Waals surface area contributed by atoms with Crippen molar-refractivity contribution in [2.45, 2.75) is 13.0 Å². The number of benzene rings is 1. The lowest BCUT2D eigenvalue weighted by Crippen LogP contribution is -2.03. The molecule has 100 valence electrons. The first kappa shape index (κ1) is 12.5. The summed E-state index contributed by atoms with van der Waals surface area (Å²) in [7, 11) is 1.96.